The summed E-state index contributed by atoms with van der Waals surface area (Å²) >= 11 is 0. The SMILES string of the molecule is Cc1cccc(NC(CCC#N)(c2ccccc2)c2ccccc2)c1. The van der Waals surface area contributed by atoms with Crippen molar-refractivity contribution in [2.45, 2.75) is 25.3 Å². The van der Waals surface area contributed by atoms with Gasteiger partial charge in [0, 0.05) is 12.1 Å². The fraction of sp³-hybridized carbons (Fsp3) is 0.174. The lowest BCUT2D eigenvalue weighted by Gasteiger charge is -2.37. The highest BCUT2D eigenvalue weighted by Gasteiger charge is 2.33. The molecule has 0 bridgehead atoms. The fourth-order valence-corrected chi connectivity index (χ4v) is 3.32. The highest BCUT2D eigenvalue weighted by Crippen LogP contribution is 2.37. The molecule has 0 spiro atoms. The average molecular weight is 326 g/mol. The van der Waals surface area contributed by atoms with Crippen LogP contribution in [0.4, 0.5) is 5.69 Å². The van der Waals surface area contributed by atoms with Gasteiger partial charge < -0.3 is 5.32 Å². The van der Waals surface area contributed by atoms with Crippen molar-refractivity contribution in [3.8, 4) is 6.07 Å². The first-order valence-corrected chi connectivity index (χ1v) is 8.57. The lowest BCUT2D eigenvalue weighted by Crippen LogP contribution is -2.36. The first-order valence-electron chi connectivity index (χ1n) is 8.57. The Bertz CT molecular complexity index is 809. The Morgan fingerprint density at radius 1 is 0.840 bits per heavy atom. The number of hydrogen-bond donors (Lipinski definition) is 1. The molecule has 0 heterocycles. The molecule has 0 aliphatic rings. The van der Waals surface area contributed by atoms with Crippen LogP contribution in [0.5, 0.6) is 0 Å². The first kappa shape index (κ1) is 16.8. The van der Waals surface area contributed by atoms with Crippen molar-refractivity contribution >= 4 is 5.69 Å². The second-order valence-corrected chi connectivity index (χ2v) is 6.29. The van der Waals surface area contributed by atoms with E-state index in [1.54, 1.807) is 0 Å². The van der Waals surface area contributed by atoms with Crippen LogP contribution in [0.2, 0.25) is 0 Å². The van der Waals surface area contributed by atoms with E-state index in [-0.39, 0.29) is 0 Å². The van der Waals surface area contributed by atoms with Crippen LogP contribution in [-0.4, -0.2) is 0 Å². The molecule has 124 valence electrons. The maximum Gasteiger partial charge on any atom is 0.0889 e. The zero-order chi connectivity index (χ0) is 17.5. The van der Waals surface area contributed by atoms with E-state index in [2.05, 4.69) is 91.1 Å². The van der Waals surface area contributed by atoms with E-state index >= 15 is 0 Å². The van der Waals surface area contributed by atoms with Crippen LogP contribution in [0, 0.1) is 18.3 Å². The first-order chi connectivity index (χ1) is 12.2. The highest BCUT2D eigenvalue weighted by atomic mass is 15.0. The van der Waals surface area contributed by atoms with Gasteiger partial charge in [0.05, 0.1) is 11.6 Å². The number of nitriles is 1. The summed E-state index contributed by atoms with van der Waals surface area (Å²) in [5.74, 6) is 0. The Morgan fingerprint density at radius 2 is 1.44 bits per heavy atom. The lowest BCUT2D eigenvalue weighted by molar-refractivity contribution is 0.544. The summed E-state index contributed by atoms with van der Waals surface area (Å²) in [6.07, 6.45) is 1.17. The van der Waals surface area contributed by atoms with Gasteiger partial charge in [0.2, 0.25) is 0 Å². The number of hydrogen-bond acceptors (Lipinski definition) is 2. The number of benzene rings is 3. The van der Waals surface area contributed by atoms with Crippen LogP contribution < -0.4 is 5.32 Å². The minimum atomic E-state index is -0.438. The Kier molecular flexibility index (Phi) is 5.16. The third-order valence-electron chi connectivity index (χ3n) is 4.52. The minimum absolute atomic E-state index is 0.438. The Balaban J connectivity index is 2.15. The van der Waals surface area contributed by atoms with E-state index in [0.29, 0.717) is 12.8 Å². The van der Waals surface area contributed by atoms with E-state index in [1.165, 1.54) is 5.56 Å². The number of rotatable bonds is 6. The summed E-state index contributed by atoms with van der Waals surface area (Å²) in [6, 6.07) is 31.5. The van der Waals surface area contributed by atoms with Crippen LogP contribution in [0.25, 0.3) is 0 Å². The molecule has 0 aliphatic carbocycles. The van der Waals surface area contributed by atoms with Crippen LogP contribution in [-0.2, 0) is 5.54 Å². The fourth-order valence-electron chi connectivity index (χ4n) is 3.32. The van der Waals surface area contributed by atoms with Gasteiger partial charge in [-0.05, 0) is 42.2 Å². The largest absolute Gasteiger partial charge is 0.372 e. The van der Waals surface area contributed by atoms with Crippen LogP contribution in [0.15, 0.2) is 84.9 Å². The summed E-state index contributed by atoms with van der Waals surface area (Å²) in [4.78, 5) is 0. The van der Waals surface area contributed by atoms with E-state index in [4.69, 9.17) is 0 Å². The summed E-state index contributed by atoms with van der Waals surface area (Å²) in [6.45, 7) is 2.09. The highest BCUT2D eigenvalue weighted by molar-refractivity contribution is 5.54. The molecule has 0 aliphatic heterocycles. The number of nitrogens with one attached hydrogen (secondary N) is 1. The molecule has 0 atom stereocenters. The maximum atomic E-state index is 9.26. The third-order valence-corrected chi connectivity index (χ3v) is 4.52. The molecule has 0 amide bonds. The van der Waals surface area contributed by atoms with Crippen LogP contribution in [0.3, 0.4) is 0 Å². The summed E-state index contributed by atoms with van der Waals surface area (Å²) in [5.41, 5.74) is 4.16. The Labute approximate surface area is 149 Å². The molecule has 0 radical (unpaired) electrons. The zero-order valence-corrected chi connectivity index (χ0v) is 14.4. The molecule has 0 saturated carbocycles. The Morgan fingerprint density at radius 3 is 1.96 bits per heavy atom. The molecule has 0 aromatic heterocycles. The van der Waals surface area contributed by atoms with Gasteiger partial charge in [-0.15, -0.1) is 0 Å². The molecule has 2 nitrogen and oxygen atoms in total. The molecule has 25 heavy (non-hydrogen) atoms. The molecule has 3 aromatic carbocycles. The summed E-state index contributed by atoms with van der Waals surface area (Å²) in [7, 11) is 0. The lowest BCUT2D eigenvalue weighted by atomic mass is 9.79. The van der Waals surface area contributed by atoms with E-state index in [1.807, 2.05) is 12.1 Å². The summed E-state index contributed by atoms with van der Waals surface area (Å²) < 4.78 is 0. The van der Waals surface area contributed by atoms with Crippen LogP contribution >= 0.6 is 0 Å². The van der Waals surface area contributed by atoms with Crippen molar-refractivity contribution in [2.24, 2.45) is 0 Å². The number of nitrogens with zero attached hydrogens (tertiary/aromatic N) is 1. The smallest absolute Gasteiger partial charge is 0.0889 e. The molecule has 1 N–H and O–H groups in total. The predicted octanol–water partition coefficient (Wildman–Crippen LogP) is 5.65. The van der Waals surface area contributed by atoms with Gasteiger partial charge in [0.1, 0.15) is 0 Å². The molecule has 2 heteroatoms. The van der Waals surface area contributed by atoms with Gasteiger partial charge in [-0.1, -0.05) is 72.8 Å². The zero-order valence-electron chi connectivity index (χ0n) is 14.4. The van der Waals surface area contributed by atoms with Crippen molar-refractivity contribution in [3.63, 3.8) is 0 Å². The summed E-state index contributed by atoms with van der Waals surface area (Å²) in [5, 5.41) is 13.0. The number of aryl methyl sites for hydroxylation is 1. The van der Waals surface area contributed by atoms with Crippen molar-refractivity contribution in [2.75, 3.05) is 5.32 Å². The van der Waals surface area contributed by atoms with Crippen molar-refractivity contribution < 1.29 is 0 Å². The number of anilines is 1. The monoisotopic (exact) mass is 326 g/mol. The third kappa shape index (κ3) is 3.72. The second-order valence-electron chi connectivity index (χ2n) is 6.29. The topological polar surface area (TPSA) is 35.8 Å². The quantitative estimate of drug-likeness (QED) is 0.635. The second kappa shape index (κ2) is 7.68. The van der Waals surface area contributed by atoms with Crippen molar-refractivity contribution in [1.82, 2.24) is 0 Å². The van der Waals surface area contributed by atoms with Crippen molar-refractivity contribution in [3.05, 3.63) is 102 Å². The standard InChI is InChI=1S/C23H22N2/c1-19-10-8-15-22(18-19)25-23(16-9-17-24,20-11-4-2-5-12-20)21-13-6-3-7-14-21/h2-8,10-15,18,25H,9,16H2,1H3. The maximum absolute atomic E-state index is 9.26. The van der Waals surface area contributed by atoms with E-state index in [9.17, 15) is 5.26 Å². The van der Waals surface area contributed by atoms with E-state index < -0.39 is 5.54 Å². The molecule has 0 unspecified atom stereocenters. The van der Waals surface area contributed by atoms with Gasteiger partial charge >= 0.3 is 0 Å². The molecule has 0 saturated heterocycles. The molecule has 3 aromatic rings. The molecule has 0 fully saturated rings. The molecule has 3 rings (SSSR count). The normalized spacial score (nSPS) is 10.9. The average Bonchev–Trinajstić information content (AvgIpc) is 2.67. The van der Waals surface area contributed by atoms with Gasteiger partial charge in [0.15, 0.2) is 0 Å². The van der Waals surface area contributed by atoms with Gasteiger partial charge in [0.25, 0.3) is 0 Å². The van der Waals surface area contributed by atoms with Crippen molar-refractivity contribution in [1.29, 1.82) is 5.26 Å². The minimum Gasteiger partial charge on any atom is -0.372 e. The molecular formula is C23H22N2. The predicted molar refractivity (Wildman–Crippen MR) is 103 cm³/mol. The van der Waals surface area contributed by atoms with Crippen LogP contribution in [0.1, 0.15) is 29.5 Å². The van der Waals surface area contributed by atoms with Gasteiger partial charge in [-0.25, -0.2) is 0 Å². The van der Waals surface area contributed by atoms with E-state index in [0.717, 1.165) is 16.8 Å². The molecular weight excluding hydrogens is 304 g/mol. The van der Waals surface area contributed by atoms with Gasteiger partial charge in [-0.3, -0.25) is 0 Å². The van der Waals surface area contributed by atoms with Gasteiger partial charge in [-0.2, -0.15) is 5.26 Å². The Hall–Kier alpha value is -3.05.